The van der Waals surface area contributed by atoms with E-state index in [9.17, 15) is 5.11 Å². The van der Waals surface area contributed by atoms with E-state index in [1.807, 2.05) is 24.4 Å². The first-order valence-corrected chi connectivity index (χ1v) is 5.42. The fourth-order valence-electron chi connectivity index (χ4n) is 1.66. The van der Waals surface area contributed by atoms with Gasteiger partial charge in [-0.15, -0.1) is 0 Å². The van der Waals surface area contributed by atoms with Crippen LogP contribution >= 0.6 is 0 Å². The minimum absolute atomic E-state index is 0.321. The van der Waals surface area contributed by atoms with Crippen LogP contribution in [0.3, 0.4) is 0 Å². The molecule has 0 saturated carbocycles. The zero-order valence-corrected chi connectivity index (χ0v) is 9.04. The second-order valence-corrected chi connectivity index (χ2v) is 3.89. The molecule has 1 unspecified atom stereocenters. The maximum absolute atomic E-state index is 9.82. The summed E-state index contributed by atoms with van der Waals surface area (Å²) in [5.41, 5.74) is 2.20. The van der Waals surface area contributed by atoms with E-state index in [4.69, 9.17) is 4.42 Å². The van der Waals surface area contributed by atoms with E-state index >= 15 is 0 Å². The van der Waals surface area contributed by atoms with Crippen LogP contribution in [0.1, 0.15) is 17.5 Å². The lowest BCUT2D eigenvalue weighted by Gasteiger charge is -2.08. The molecule has 2 aromatic rings. The topological polar surface area (TPSA) is 46.3 Å². The number of nitrogens with zero attached hydrogens (tertiary/aromatic N) is 1. The molecule has 1 atom stereocenters. The van der Waals surface area contributed by atoms with Gasteiger partial charge < -0.3 is 9.52 Å². The maximum Gasteiger partial charge on any atom is 0.0935 e. The Morgan fingerprint density at radius 2 is 2.25 bits per heavy atom. The van der Waals surface area contributed by atoms with Gasteiger partial charge in [-0.3, -0.25) is 4.98 Å². The molecule has 2 aromatic heterocycles. The van der Waals surface area contributed by atoms with E-state index in [0.717, 1.165) is 24.0 Å². The Labute approximate surface area is 94.8 Å². The predicted octanol–water partition coefficient (Wildman–Crippen LogP) is 2.21. The largest absolute Gasteiger partial charge is 0.472 e. The lowest BCUT2D eigenvalue weighted by atomic mass is 10.0. The zero-order valence-electron chi connectivity index (χ0n) is 9.04. The van der Waals surface area contributed by atoms with Crippen LogP contribution < -0.4 is 0 Å². The summed E-state index contributed by atoms with van der Waals surface area (Å²) in [6.07, 6.45) is 8.82. The Morgan fingerprint density at radius 3 is 2.94 bits per heavy atom. The molecule has 3 heteroatoms. The first-order valence-electron chi connectivity index (χ1n) is 5.42. The van der Waals surface area contributed by atoms with Crippen LogP contribution in [0.15, 0.2) is 47.5 Å². The lowest BCUT2D eigenvalue weighted by Crippen LogP contribution is -2.11. The van der Waals surface area contributed by atoms with E-state index in [2.05, 4.69) is 4.98 Å². The van der Waals surface area contributed by atoms with Crippen LogP contribution in [0.5, 0.6) is 0 Å². The number of aryl methyl sites for hydroxylation is 1. The van der Waals surface area contributed by atoms with Crippen LogP contribution in [0.2, 0.25) is 0 Å². The number of furan rings is 1. The van der Waals surface area contributed by atoms with E-state index in [1.54, 1.807) is 18.7 Å². The van der Waals surface area contributed by atoms with Gasteiger partial charge in [0.25, 0.3) is 0 Å². The van der Waals surface area contributed by atoms with Crippen molar-refractivity contribution in [3.8, 4) is 0 Å². The van der Waals surface area contributed by atoms with Gasteiger partial charge in [0.15, 0.2) is 0 Å². The minimum Gasteiger partial charge on any atom is -0.472 e. The average Bonchev–Trinajstić information content (AvgIpc) is 2.81. The Balaban J connectivity index is 1.78. The summed E-state index contributed by atoms with van der Waals surface area (Å²) in [6, 6.07) is 5.82. The summed E-state index contributed by atoms with van der Waals surface area (Å²) in [7, 11) is 0. The standard InChI is InChI=1S/C13H15NO2/c15-13(8-12-5-7-16-10-12)4-3-11-2-1-6-14-9-11/h1-2,5-7,9-10,13,15H,3-4,8H2. The van der Waals surface area contributed by atoms with Gasteiger partial charge in [-0.05, 0) is 36.1 Å². The van der Waals surface area contributed by atoms with Crippen molar-refractivity contribution in [3.63, 3.8) is 0 Å². The van der Waals surface area contributed by atoms with Gasteiger partial charge in [0.05, 0.1) is 18.6 Å². The monoisotopic (exact) mass is 217 g/mol. The number of hydrogen-bond donors (Lipinski definition) is 1. The molecular weight excluding hydrogens is 202 g/mol. The van der Waals surface area contributed by atoms with Gasteiger partial charge in [0.2, 0.25) is 0 Å². The highest BCUT2D eigenvalue weighted by Crippen LogP contribution is 2.09. The maximum atomic E-state index is 9.82. The molecule has 0 aliphatic heterocycles. The fraction of sp³-hybridized carbons (Fsp3) is 0.308. The van der Waals surface area contributed by atoms with Gasteiger partial charge >= 0.3 is 0 Å². The van der Waals surface area contributed by atoms with Crippen molar-refractivity contribution in [1.29, 1.82) is 0 Å². The van der Waals surface area contributed by atoms with Crippen molar-refractivity contribution in [2.75, 3.05) is 0 Å². The van der Waals surface area contributed by atoms with Crippen molar-refractivity contribution in [1.82, 2.24) is 4.98 Å². The molecule has 2 rings (SSSR count). The summed E-state index contributed by atoms with van der Waals surface area (Å²) in [5, 5.41) is 9.82. The number of aromatic nitrogens is 1. The molecule has 2 heterocycles. The molecule has 0 radical (unpaired) electrons. The van der Waals surface area contributed by atoms with E-state index < -0.39 is 0 Å². The smallest absolute Gasteiger partial charge is 0.0935 e. The van der Waals surface area contributed by atoms with Crippen molar-refractivity contribution in [2.45, 2.75) is 25.4 Å². The molecule has 0 aliphatic rings. The Morgan fingerprint density at radius 1 is 1.31 bits per heavy atom. The quantitative estimate of drug-likeness (QED) is 0.835. The molecule has 0 aromatic carbocycles. The summed E-state index contributed by atoms with van der Waals surface area (Å²) >= 11 is 0. The Kier molecular flexibility index (Phi) is 3.72. The average molecular weight is 217 g/mol. The van der Waals surface area contributed by atoms with Crippen molar-refractivity contribution >= 4 is 0 Å². The van der Waals surface area contributed by atoms with Crippen LogP contribution in [-0.4, -0.2) is 16.2 Å². The SMILES string of the molecule is OC(CCc1cccnc1)Cc1ccoc1. The van der Waals surface area contributed by atoms with Gasteiger partial charge in [0.1, 0.15) is 0 Å². The second-order valence-electron chi connectivity index (χ2n) is 3.89. The lowest BCUT2D eigenvalue weighted by molar-refractivity contribution is 0.165. The number of pyridine rings is 1. The summed E-state index contributed by atoms with van der Waals surface area (Å²) in [6.45, 7) is 0. The molecule has 16 heavy (non-hydrogen) atoms. The molecule has 0 amide bonds. The Hall–Kier alpha value is -1.61. The second kappa shape index (κ2) is 5.47. The van der Waals surface area contributed by atoms with Gasteiger partial charge in [-0.1, -0.05) is 6.07 Å². The summed E-state index contributed by atoms with van der Waals surface area (Å²) < 4.78 is 4.96. The van der Waals surface area contributed by atoms with Gasteiger partial charge in [-0.2, -0.15) is 0 Å². The van der Waals surface area contributed by atoms with E-state index in [0.29, 0.717) is 6.42 Å². The molecule has 0 saturated heterocycles. The van der Waals surface area contributed by atoms with Crippen LogP contribution in [0.4, 0.5) is 0 Å². The minimum atomic E-state index is -0.321. The van der Waals surface area contributed by atoms with Crippen LogP contribution in [0, 0.1) is 0 Å². The first kappa shape index (κ1) is 10.9. The van der Waals surface area contributed by atoms with Crippen LogP contribution in [-0.2, 0) is 12.8 Å². The highest BCUT2D eigenvalue weighted by atomic mass is 16.3. The summed E-state index contributed by atoms with van der Waals surface area (Å²) in [5.74, 6) is 0. The number of aliphatic hydroxyl groups excluding tert-OH is 1. The number of hydrogen-bond acceptors (Lipinski definition) is 3. The predicted molar refractivity (Wildman–Crippen MR) is 61.0 cm³/mol. The van der Waals surface area contributed by atoms with Crippen LogP contribution in [0.25, 0.3) is 0 Å². The van der Waals surface area contributed by atoms with Crippen molar-refractivity contribution < 1.29 is 9.52 Å². The van der Waals surface area contributed by atoms with E-state index in [1.165, 1.54) is 0 Å². The van der Waals surface area contributed by atoms with Crippen molar-refractivity contribution in [2.24, 2.45) is 0 Å². The third kappa shape index (κ3) is 3.21. The fourth-order valence-corrected chi connectivity index (χ4v) is 1.66. The Bertz CT molecular complexity index is 397. The molecule has 84 valence electrons. The number of rotatable bonds is 5. The third-order valence-electron chi connectivity index (χ3n) is 2.54. The molecular formula is C13H15NO2. The highest BCUT2D eigenvalue weighted by Gasteiger charge is 2.06. The molecule has 3 nitrogen and oxygen atoms in total. The molecule has 0 fully saturated rings. The number of aliphatic hydroxyl groups is 1. The molecule has 0 aliphatic carbocycles. The zero-order chi connectivity index (χ0) is 11.2. The van der Waals surface area contributed by atoms with Gasteiger partial charge in [-0.25, -0.2) is 0 Å². The molecule has 0 spiro atoms. The normalized spacial score (nSPS) is 12.6. The van der Waals surface area contributed by atoms with Crippen molar-refractivity contribution in [3.05, 3.63) is 54.2 Å². The molecule has 1 N–H and O–H groups in total. The van der Waals surface area contributed by atoms with Gasteiger partial charge in [0, 0.05) is 18.8 Å². The first-order chi connectivity index (χ1) is 7.84. The highest BCUT2D eigenvalue weighted by molar-refractivity contribution is 5.10. The third-order valence-corrected chi connectivity index (χ3v) is 2.54. The van der Waals surface area contributed by atoms with E-state index in [-0.39, 0.29) is 6.10 Å². The summed E-state index contributed by atoms with van der Waals surface area (Å²) in [4.78, 5) is 4.04. The molecule has 0 bridgehead atoms.